The van der Waals surface area contributed by atoms with Crippen molar-refractivity contribution in [1.82, 2.24) is 15.2 Å². The molecule has 8 nitrogen and oxygen atoms in total. The molecular weight excluding hydrogens is 442 g/mol. The normalized spacial score (nSPS) is 20.9. The number of nitrogens with two attached hydrogens (primary N) is 1. The number of H-pyrrole nitrogens is 1. The van der Waals surface area contributed by atoms with Crippen LogP contribution in [0.2, 0.25) is 0 Å². The first-order chi connectivity index (χ1) is 16.8. The Hall–Kier alpha value is -2.71. The molecule has 1 aromatic carbocycles. The average Bonchev–Trinajstić information content (AvgIpc) is 3.46. The SMILES string of the molecule is CCOC(=O)CN(C1CC1)C(C)C(=O)C1CCN[C@H]1CCc1[nH]c2cc(C(=N)N)ccc2c1CC. The van der Waals surface area contributed by atoms with Crippen molar-refractivity contribution < 1.29 is 14.3 Å². The van der Waals surface area contributed by atoms with Crippen LogP contribution < -0.4 is 11.1 Å². The van der Waals surface area contributed by atoms with Gasteiger partial charge in [-0.15, -0.1) is 0 Å². The van der Waals surface area contributed by atoms with Gasteiger partial charge in [-0.05, 0) is 70.5 Å². The van der Waals surface area contributed by atoms with E-state index < -0.39 is 0 Å². The Kier molecular flexibility index (Phi) is 7.91. The number of rotatable bonds is 12. The van der Waals surface area contributed by atoms with Crippen molar-refractivity contribution in [3.8, 4) is 0 Å². The van der Waals surface area contributed by atoms with E-state index in [0.717, 1.165) is 50.6 Å². The van der Waals surface area contributed by atoms with Gasteiger partial charge in [0, 0.05) is 40.2 Å². The minimum Gasteiger partial charge on any atom is -0.465 e. The molecule has 3 atom stereocenters. The van der Waals surface area contributed by atoms with Crippen molar-refractivity contribution in [3.63, 3.8) is 0 Å². The number of ketones is 1. The molecule has 1 aliphatic carbocycles. The number of nitrogen functional groups attached to an aromatic ring is 1. The lowest BCUT2D eigenvalue weighted by Gasteiger charge is -2.30. The molecule has 1 saturated heterocycles. The number of aromatic amines is 1. The predicted octanol–water partition coefficient (Wildman–Crippen LogP) is 2.91. The molecule has 1 aromatic heterocycles. The van der Waals surface area contributed by atoms with Crippen molar-refractivity contribution in [2.24, 2.45) is 11.7 Å². The van der Waals surface area contributed by atoms with Gasteiger partial charge in [-0.3, -0.25) is 19.9 Å². The summed E-state index contributed by atoms with van der Waals surface area (Å²) in [5, 5.41) is 12.5. The van der Waals surface area contributed by atoms with Crippen molar-refractivity contribution in [1.29, 1.82) is 5.41 Å². The standard InChI is InChI=1S/C27H39N5O3/c1-4-19-20-9-6-17(27(28)29)14-24(20)31-23(19)11-10-22-21(12-13-30-22)26(34)16(3)32(18-7-8-18)15-25(33)35-5-2/h6,9,14,16,18,21-22,30-31H,4-5,7-8,10-13,15H2,1-3H3,(H3,28,29)/t16?,21?,22-/m0/s1. The summed E-state index contributed by atoms with van der Waals surface area (Å²) in [6.45, 7) is 7.30. The van der Waals surface area contributed by atoms with Gasteiger partial charge in [0.05, 0.1) is 19.2 Å². The molecule has 2 unspecified atom stereocenters. The molecule has 2 aliphatic rings. The molecule has 190 valence electrons. The molecule has 2 fully saturated rings. The molecule has 8 heteroatoms. The molecule has 1 saturated carbocycles. The van der Waals surface area contributed by atoms with Gasteiger partial charge in [-0.25, -0.2) is 0 Å². The molecule has 1 aliphatic heterocycles. The van der Waals surface area contributed by atoms with Crippen LogP contribution in [0.1, 0.15) is 63.3 Å². The van der Waals surface area contributed by atoms with E-state index in [1.807, 2.05) is 32.0 Å². The topological polar surface area (TPSA) is 124 Å². The van der Waals surface area contributed by atoms with Gasteiger partial charge in [-0.1, -0.05) is 19.1 Å². The van der Waals surface area contributed by atoms with E-state index in [1.54, 1.807) is 0 Å². The van der Waals surface area contributed by atoms with Crippen LogP contribution in [0.15, 0.2) is 18.2 Å². The number of Topliss-reactive ketones (excluding diaryl/α,β-unsaturated/α-hetero) is 1. The van der Waals surface area contributed by atoms with Crippen LogP contribution in [0.25, 0.3) is 10.9 Å². The molecule has 0 amide bonds. The molecule has 4 rings (SSSR count). The monoisotopic (exact) mass is 481 g/mol. The van der Waals surface area contributed by atoms with Crippen molar-refractivity contribution in [2.75, 3.05) is 19.7 Å². The molecule has 0 spiro atoms. The first-order valence-electron chi connectivity index (χ1n) is 13.0. The van der Waals surface area contributed by atoms with Gasteiger partial charge in [-0.2, -0.15) is 0 Å². The Morgan fingerprint density at radius 2 is 2.03 bits per heavy atom. The van der Waals surface area contributed by atoms with Crippen molar-refractivity contribution in [3.05, 3.63) is 35.0 Å². The fourth-order valence-electron chi connectivity index (χ4n) is 5.62. The number of carbonyl (C=O) groups is 2. The number of benzene rings is 1. The first-order valence-corrected chi connectivity index (χ1v) is 13.0. The second kappa shape index (κ2) is 10.9. The maximum absolute atomic E-state index is 13.6. The number of aromatic nitrogens is 1. The van der Waals surface area contributed by atoms with E-state index in [1.165, 1.54) is 16.6 Å². The first kappa shape index (κ1) is 25.4. The minimum absolute atomic E-state index is 0.0489. The Bertz CT molecular complexity index is 1090. The Morgan fingerprint density at radius 3 is 2.69 bits per heavy atom. The Morgan fingerprint density at radius 1 is 1.26 bits per heavy atom. The summed E-state index contributed by atoms with van der Waals surface area (Å²) in [6.07, 6.45) is 5.53. The Balaban J connectivity index is 1.44. The van der Waals surface area contributed by atoms with E-state index in [4.69, 9.17) is 15.9 Å². The number of fused-ring (bicyclic) bond motifs is 1. The summed E-state index contributed by atoms with van der Waals surface area (Å²) in [5.41, 5.74) is 9.88. The van der Waals surface area contributed by atoms with Gasteiger partial charge in [0.15, 0.2) is 5.78 Å². The second-order valence-electron chi connectivity index (χ2n) is 9.89. The third-order valence-corrected chi connectivity index (χ3v) is 7.62. The maximum Gasteiger partial charge on any atom is 0.320 e. The lowest BCUT2D eigenvalue weighted by atomic mass is 9.88. The van der Waals surface area contributed by atoms with E-state index >= 15 is 0 Å². The highest BCUT2D eigenvalue weighted by atomic mass is 16.5. The third-order valence-electron chi connectivity index (χ3n) is 7.62. The average molecular weight is 482 g/mol. The summed E-state index contributed by atoms with van der Waals surface area (Å²) in [5.74, 6) is -0.00390. The van der Waals surface area contributed by atoms with E-state index in [9.17, 15) is 9.59 Å². The lowest BCUT2D eigenvalue weighted by Crippen LogP contribution is -2.48. The van der Waals surface area contributed by atoms with Gasteiger partial charge < -0.3 is 20.8 Å². The smallest absolute Gasteiger partial charge is 0.320 e. The van der Waals surface area contributed by atoms with Gasteiger partial charge in [0.25, 0.3) is 0 Å². The van der Waals surface area contributed by atoms with Gasteiger partial charge in [0.1, 0.15) is 5.84 Å². The van der Waals surface area contributed by atoms with Gasteiger partial charge in [0.2, 0.25) is 0 Å². The number of amidine groups is 1. The predicted molar refractivity (Wildman–Crippen MR) is 138 cm³/mol. The lowest BCUT2D eigenvalue weighted by molar-refractivity contribution is -0.146. The zero-order chi connectivity index (χ0) is 25.1. The number of aryl methyl sites for hydroxylation is 2. The van der Waals surface area contributed by atoms with Crippen LogP contribution in [-0.4, -0.2) is 65.3 Å². The highest BCUT2D eigenvalue weighted by Gasteiger charge is 2.41. The second-order valence-corrected chi connectivity index (χ2v) is 9.89. The quantitative estimate of drug-likeness (QED) is 0.210. The molecule has 0 radical (unpaired) electrons. The number of hydrogen-bond donors (Lipinski definition) is 4. The molecule has 2 aromatic rings. The van der Waals surface area contributed by atoms with Crippen LogP contribution in [0, 0.1) is 11.3 Å². The molecular formula is C27H39N5O3. The summed E-state index contributed by atoms with van der Waals surface area (Å²) in [7, 11) is 0. The van der Waals surface area contributed by atoms with Crippen LogP contribution in [0.4, 0.5) is 0 Å². The van der Waals surface area contributed by atoms with E-state index in [0.29, 0.717) is 18.2 Å². The minimum atomic E-state index is -0.288. The highest BCUT2D eigenvalue weighted by molar-refractivity contribution is 5.99. The van der Waals surface area contributed by atoms with Crippen LogP contribution >= 0.6 is 0 Å². The van der Waals surface area contributed by atoms with Crippen LogP contribution in [0.5, 0.6) is 0 Å². The van der Waals surface area contributed by atoms with Crippen LogP contribution in [0.3, 0.4) is 0 Å². The van der Waals surface area contributed by atoms with Gasteiger partial charge >= 0.3 is 5.97 Å². The number of esters is 1. The molecule has 2 heterocycles. The number of nitrogens with one attached hydrogen (secondary N) is 3. The van der Waals surface area contributed by atoms with Crippen molar-refractivity contribution in [2.45, 2.75) is 77.4 Å². The third kappa shape index (κ3) is 5.59. The van der Waals surface area contributed by atoms with Crippen LogP contribution in [-0.2, 0) is 27.2 Å². The Labute approximate surface area is 207 Å². The molecule has 5 N–H and O–H groups in total. The summed E-state index contributed by atoms with van der Waals surface area (Å²) < 4.78 is 5.16. The number of ether oxygens (including phenoxy) is 1. The highest BCUT2D eigenvalue weighted by Crippen LogP contribution is 2.32. The summed E-state index contributed by atoms with van der Waals surface area (Å²) in [6, 6.07) is 6.03. The van der Waals surface area contributed by atoms with Crippen molar-refractivity contribution >= 4 is 28.5 Å². The zero-order valence-electron chi connectivity index (χ0n) is 21.2. The summed E-state index contributed by atoms with van der Waals surface area (Å²) in [4.78, 5) is 31.3. The fourth-order valence-corrected chi connectivity index (χ4v) is 5.62. The summed E-state index contributed by atoms with van der Waals surface area (Å²) >= 11 is 0. The van der Waals surface area contributed by atoms with E-state index in [-0.39, 0.29) is 42.1 Å². The fraction of sp³-hybridized carbons (Fsp3) is 0.593. The number of hydrogen-bond acceptors (Lipinski definition) is 6. The van der Waals surface area contributed by atoms with E-state index in [2.05, 4.69) is 22.1 Å². The largest absolute Gasteiger partial charge is 0.465 e. The maximum atomic E-state index is 13.6. The number of nitrogens with zero attached hydrogens (tertiary/aromatic N) is 1. The molecule has 35 heavy (non-hydrogen) atoms. The number of carbonyl (C=O) groups excluding carboxylic acids is 2. The molecule has 0 bridgehead atoms. The zero-order valence-corrected chi connectivity index (χ0v) is 21.2.